The molecule has 1 atom stereocenters. The van der Waals surface area contributed by atoms with Crippen molar-refractivity contribution in [2.75, 3.05) is 0 Å². The van der Waals surface area contributed by atoms with Crippen LogP contribution in [0, 0.1) is 9.39 Å². The van der Waals surface area contributed by atoms with Crippen molar-refractivity contribution in [3.05, 3.63) is 53.9 Å². The highest BCUT2D eigenvalue weighted by Crippen LogP contribution is 2.34. The standard InChI is InChI=1S/C11H7BrFIOS/c12-8-3-4-16-11(8)10(15)7-2-1-6(13)5-9(7)14/h1-5,10,15H. The molecule has 0 fully saturated rings. The zero-order chi connectivity index (χ0) is 11.7. The van der Waals surface area contributed by atoms with E-state index < -0.39 is 6.10 Å². The Morgan fingerprint density at radius 2 is 2.12 bits per heavy atom. The lowest BCUT2D eigenvalue weighted by Crippen LogP contribution is -2.01. The quantitative estimate of drug-likeness (QED) is 0.727. The molecule has 0 spiro atoms. The van der Waals surface area contributed by atoms with Crippen LogP contribution in [0.15, 0.2) is 34.1 Å². The van der Waals surface area contributed by atoms with E-state index in [9.17, 15) is 9.50 Å². The third kappa shape index (κ3) is 2.47. The van der Waals surface area contributed by atoms with Crippen molar-refractivity contribution in [2.24, 2.45) is 0 Å². The van der Waals surface area contributed by atoms with Gasteiger partial charge in [-0.25, -0.2) is 4.39 Å². The largest absolute Gasteiger partial charge is 0.383 e. The Morgan fingerprint density at radius 3 is 2.69 bits per heavy atom. The van der Waals surface area contributed by atoms with Gasteiger partial charge in [-0.05, 0) is 67.7 Å². The Morgan fingerprint density at radius 1 is 1.38 bits per heavy atom. The van der Waals surface area contributed by atoms with Crippen LogP contribution >= 0.6 is 49.9 Å². The molecule has 5 heteroatoms. The molecule has 1 aromatic carbocycles. The zero-order valence-electron chi connectivity index (χ0n) is 7.95. The van der Waals surface area contributed by atoms with Gasteiger partial charge in [0.05, 0.1) is 4.88 Å². The monoisotopic (exact) mass is 412 g/mol. The van der Waals surface area contributed by atoms with Crippen molar-refractivity contribution in [1.29, 1.82) is 0 Å². The van der Waals surface area contributed by atoms with Crippen molar-refractivity contribution >= 4 is 49.9 Å². The maximum absolute atomic E-state index is 12.9. The lowest BCUT2D eigenvalue weighted by atomic mass is 10.1. The van der Waals surface area contributed by atoms with Gasteiger partial charge in [-0.15, -0.1) is 11.3 Å². The third-order valence-electron chi connectivity index (χ3n) is 2.15. The molecule has 1 heterocycles. The maximum atomic E-state index is 12.9. The highest BCUT2D eigenvalue weighted by molar-refractivity contribution is 14.1. The lowest BCUT2D eigenvalue weighted by molar-refractivity contribution is 0.222. The average molecular weight is 413 g/mol. The Hall–Kier alpha value is 0.0200. The van der Waals surface area contributed by atoms with Gasteiger partial charge in [0.2, 0.25) is 0 Å². The van der Waals surface area contributed by atoms with Crippen LogP contribution in [-0.4, -0.2) is 5.11 Å². The smallest absolute Gasteiger partial charge is 0.124 e. The van der Waals surface area contributed by atoms with Crippen LogP contribution in [0.5, 0.6) is 0 Å². The fourth-order valence-corrected chi connectivity index (χ4v) is 3.73. The fourth-order valence-electron chi connectivity index (χ4n) is 1.37. The molecule has 0 aliphatic heterocycles. The summed E-state index contributed by atoms with van der Waals surface area (Å²) in [5, 5.41) is 12.1. The Kier molecular flexibility index (Phi) is 3.99. The number of aliphatic hydroxyl groups excluding tert-OH is 1. The second kappa shape index (κ2) is 5.12. The summed E-state index contributed by atoms with van der Waals surface area (Å²) < 4.78 is 14.5. The minimum Gasteiger partial charge on any atom is -0.383 e. The summed E-state index contributed by atoms with van der Waals surface area (Å²) in [5.74, 6) is -0.286. The first-order valence-electron chi connectivity index (χ1n) is 4.45. The molecular weight excluding hydrogens is 406 g/mol. The molecule has 1 nitrogen and oxygen atoms in total. The number of halogens is 3. The number of benzene rings is 1. The van der Waals surface area contributed by atoms with Crippen LogP contribution in [0.2, 0.25) is 0 Å². The minimum absolute atomic E-state index is 0.286. The number of thiophene rings is 1. The van der Waals surface area contributed by atoms with E-state index in [-0.39, 0.29) is 5.82 Å². The molecule has 1 aromatic heterocycles. The molecule has 0 radical (unpaired) electrons. The molecule has 0 saturated heterocycles. The molecular formula is C11H7BrFIOS. The second-order valence-corrected chi connectivity index (χ2v) is 6.17. The van der Waals surface area contributed by atoms with Gasteiger partial charge in [-0.1, -0.05) is 6.07 Å². The lowest BCUT2D eigenvalue weighted by Gasteiger charge is -2.12. The summed E-state index contributed by atoms with van der Waals surface area (Å²) in [7, 11) is 0. The van der Waals surface area contributed by atoms with E-state index in [0.29, 0.717) is 0 Å². The summed E-state index contributed by atoms with van der Waals surface area (Å²) in [6, 6.07) is 6.29. The predicted molar refractivity (Wildman–Crippen MR) is 75.2 cm³/mol. The topological polar surface area (TPSA) is 20.2 Å². The van der Waals surface area contributed by atoms with E-state index in [1.54, 1.807) is 6.07 Å². The molecule has 0 aliphatic carbocycles. The van der Waals surface area contributed by atoms with Crippen LogP contribution in [0.1, 0.15) is 16.5 Å². The van der Waals surface area contributed by atoms with Gasteiger partial charge >= 0.3 is 0 Å². The molecule has 16 heavy (non-hydrogen) atoms. The summed E-state index contributed by atoms with van der Waals surface area (Å²) in [6.45, 7) is 0. The Bertz CT molecular complexity index is 514. The van der Waals surface area contributed by atoms with Crippen LogP contribution in [0.4, 0.5) is 4.39 Å². The van der Waals surface area contributed by atoms with E-state index >= 15 is 0 Å². The van der Waals surface area contributed by atoms with E-state index in [4.69, 9.17) is 0 Å². The van der Waals surface area contributed by atoms with Gasteiger partial charge in [-0.3, -0.25) is 0 Å². The summed E-state index contributed by atoms with van der Waals surface area (Å²) >= 11 is 6.88. The van der Waals surface area contributed by atoms with Crippen molar-refractivity contribution in [3.8, 4) is 0 Å². The van der Waals surface area contributed by atoms with Gasteiger partial charge in [0.25, 0.3) is 0 Å². The second-order valence-electron chi connectivity index (χ2n) is 3.20. The molecule has 1 N–H and O–H groups in total. The average Bonchev–Trinajstić information content (AvgIpc) is 2.63. The van der Waals surface area contributed by atoms with Crippen LogP contribution in [-0.2, 0) is 0 Å². The van der Waals surface area contributed by atoms with E-state index in [1.807, 2.05) is 34.0 Å². The van der Waals surface area contributed by atoms with E-state index in [1.165, 1.54) is 23.5 Å². The van der Waals surface area contributed by atoms with Crippen LogP contribution in [0.25, 0.3) is 0 Å². The number of aliphatic hydroxyl groups is 1. The van der Waals surface area contributed by atoms with Crippen molar-refractivity contribution < 1.29 is 9.50 Å². The van der Waals surface area contributed by atoms with Crippen LogP contribution in [0.3, 0.4) is 0 Å². The molecule has 0 saturated carbocycles. The summed E-state index contributed by atoms with van der Waals surface area (Å²) in [5.41, 5.74) is 0.727. The SMILES string of the molecule is OC(c1ccc(F)cc1I)c1sccc1Br. The summed E-state index contributed by atoms with van der Waals surface area (Å²) in [4.78, 5) is 0.838. The number of hydrogen-bond donors (Lipinski definition) is 1. The van der Waals surface area contributed by atoms with Crippen LogP contribution < -0.4 is 0 Å². The first-order chi connectivity index (χ1) is 7.59. The van der Waals surface area contributed by atoms with Gasteiger partial charge in [-0.2, -0.15) is 0 Å². The highest BCUT2D eigenvalue weighted by atomic mass is 127. The van der Waals surface area contributed by atoms with E-state index in [0.717, 1.165) is 18.5 Å². The molecule has 0 amide bonds. The van der Waals surface area contributed by atoms with E-state index in [2.05, 4.69) is 15.9 Å². The van der Waals surface area contributed by atoms with Gasteiger partial charge in [0.1, 0.15) is 11.9 Å². The van der Waals surface area contributed by atoms with Crippen molar-refractivity contribution in [2.45, 2.75) is 6.10 Å². The van der Waals surface area contributed by atoms with Crippen molar-refractivity contribution in [3.63, 3.8) is 0 Å². The first-order valence-corrected chi connectivity index (χ1v) is 7.20. The number of rotatable bonds is 2. The fraction of sp³-hybridized carbons (Fsp3) is 0.0909. The molecule has 2 aromatic rings. The number of hydrogen-bond acceptors (Lipinski definition) is 2. The third-order valence-corrected chi connectivity index (χ3v) is 5.01. The van der Waals surface area contributed by atoms with Crippen molar-refractivity contribution in [1.82, 2.24) is 0 Å². The molecule has 1 unspecified atom stereocenters. The minimum atomic E-state index is -0.707. The maximum Gasteiger partial charge on any atom is 0.124 e. The van der Waals surface area contributed by atoms with Gasteiger partial charge in [0, 0.05) is 8.04 Å². The predicted octanol–water partition coefficient (Wildman–Crippen LogP) is 4.34. The normalized spacial score (nSPS) is 12.8. The Labute approximate surface area is 119 Å². The summed E-state index contributed by atoms with van der Waals surface area (Å²) in [6.07, 6.45) is -0.707. The Balaban J connectivity index is 2.41. The zero-order valence-corrected chi connectivity index (χ0v) is 12.5. The van der Waals surface area contributed by atoms with Gasteiger partial charge < -0.3 is 5.11 Å². The van der Waals surface area contributed by atoms with Gasteiger partial charge in [0.15, 0.2) is 0 Å². The molecule has 84 valence electrons. The highest BCUT2D eigenvalue weighted by Gasteiger charge is 2.17. The molecule has 0 bridgehead atoms. The molecule has 2 rings (SSSR count). The molecule has 0 aliphatic rings. The first kappa shape index (κ1) is 12.5.